The minimum Gasteiger partial charge on any atom is -0.407 e. The van der Waals surface area contributed by atoms with Crippen molar-refractivity contribution in [2.75, 3.05) is 19.5 Å². The van der Waals surface area contributed by atoms with Gasteiger partial charge in [-0.2, -0.15) is 0 Å². The van der Waals surface area contributed by atoms with E-state index >= 15 is 0 Å². The van der Waals surface area contributed by atoms with Gasteiger partial charge in [0.15, 0.2) is 0 Å². The molecule has 0 amide bonds. The number of aromatic nitrogens is 1. The summed E-state index contributed by atoms with van der Waals surface area (Å²) >= 11 is 0. The highest BCUT2D eigenvalue weighted by Crippen LogP contribution is 2.36. The van der Waals surface area contributed by atoms with Gasteiger partial charge < -0.3 is 14.9 Å². The van der Waals surface area contributed by atoms with Crippen LogP contribution in [0, 0.1) is 0 Å². The molecule has 0 saturated heterocycles. The van der Waals surface area contributed by atoms with Crippen LogP contribution in [0.15, 0.2) is 102 Å². The van der Waals surface area contributed by atoms with Crippen LogP contribution in [-0.2, 0) is 22.2 Å². The van der Waals surface area contributed by atoms with Gasteiger partial charge in [-0.1, -0.05) is 87.5 Å². The zero-order chi connectivity index (χ0) is 26.5. The molecule has 1 heterocycles. The number of nitrogen functional groups attached to an aromatic ring is 1. The summed E-state index contributed by atoms with van der Waals surface area (Å²) in [5.74, 6) is 0. The maximum absolute atomic E-state index is 13.5. The lowest BCUT2D eigenvalue weighted by atomic mass is 10.1. The topological polar surface area (TPSA) is 66.5 Å². The predicted octanol–water partition coefficient (Wildman–Crippen LogP) is 4.69. The molecule has 0 radical (unpaired) electrons. The van der Waals surface area contributed by atoms with Crippen molar-refractivity contribution >= 4 is 24.4 Å². The summed E-state index contributed by atoms with van der Waals surface area (Å²) in [6.07, 6.45) is 2.30. The first-order valence-electron chi connectivity index (χ1n) is 12.6. The molecule has 6 heteroatoms. The van der Waals surface area contributed by atoms with E-state index in [9.17, 15) is 4.79 Å². The number of methoxy groups -OCH3 is 1. The highest BCUT2D eigenvalue weighted by molar-refractivity contribution is 6.99. The summed E-state index contributed by atoms with van der Waals surface area (Å²) in [6, 6.07) is 30.4. The van der Waals surface area contributed by atoms with Crippen LogP contribution in [0.4, 0.5) is 5.69 Å². The molecule has 5 nitrogen and oxygen atoms in total. The number of hydrogen-bond donors (Lipinski definition) is 1. The Bertz CT molecular complexity index is 1340. The van der Waals surface area contributed by atoms with Gasteiger partial charge >= 0.3 is 0 Å². The second-order valence-electron chi connectivity index (χ2n) is 10.3. The molecular weight excluding hydrogens is 476 g/mol. The smallest absolute Gasteiger partial charge is 0.261 e. The van der Waals surface area contributed by atoms with Gasteiger partial charge in [0.25, 0.3) is 13.9 Å². The van der Waals surface area contributed by atoms with Crippen LogP contribution >= 0.6 is 0 Å². The lowest BCUT2D eigenvalue weighted by molar-refractivity contribution is 0.185. The molecule has 0 aliphatic rings. The van der Waals surface area contributed by atoms with Gasteiger partial charge in [0.1, 0.15) is 0 Å². The minimum absolute atomic E-state index is 0.0596. The number of benzene rings is 3. The molecule has 3 aromatic carbocycles. The third-order valence-corrected chi connectivity index (χ3v) is 11.8. The van der Waals surface area contributed by atoms with E-state index < -0.39 is 8.32 Å². The maximum Gasteiger partial charge on any atom is 0.261 e. The Morgan fingerprint density at radius 1 is 0.838 bits per heavy atom. The molecule has 0 aliphatic heterocycles. The van der Waals surface area contributed by atoms with E-state index in [4.69, 9.17) is 14.9 Å². The van der Waals surface area contributed by atoms with Gasteiger partial charge in [0.05, 0.1) is 12.3 Å². The zero-order valence-corrected chi connectivity index (χ0v) is 23.1. The number of nitrogens with two attached hydrogens (primary N) is 1. The second kappa shape index (κ2) is 11.3. The second-order valence-corrected chi connectivity index (χ2v) is 14.6. The highest BCUT2D eigenvalue weighted by Gasteiger charge is 2.50. The van der Waals surface area contributed by atoms with Gasteiger partial charge in [0.2, 0.25) is 0 Å². The SMILES string of the molecule is COCc1cc(N)ccc1-n1cccc(CCO[Si](c2ccccc2)(c2ccccc2)C(C)(C)C)c1=O. The molecule has 0 spiro atoms. The van der Waals surface area contributed by atoms with Crippen LogP contribution < -0.4 is 21.7 Å². The van der Waals surface area contributed by atoms with Crippen molar-refractivity contribution in [1.82, 2.24) is 4.57 Å². The van der Waals surface area contributed by atoms with Crippen molar-refractivity contribution in [3.05, 3.63) is 119 Å². The quantitative estimate of drug-likeness (QED) is 0.261. The molecule has 2 N–H and O–H groups in total. The molecule has 0 bridgehead atoms. The monoisotopic (exact) mass is 512 g/mol. The zero-order valence-electron chi connectivity index (χ0n) is 22.1. The molecule has 0 atom stereocenters. The van der Waals surface area contributed by atoms with Crippen molar-refractivity contribution < 1.29 is 9.16 Å². The van der Waals surface area contributed by atoms with E-state index in [2.05, 4.69) is 69.3 Å². The normalized spacial score (nSPS) is 12.0. The molecule has 1 aromatic heterocycles. The Morgan fingerprint density at radius 3 is 2.03 bits per heavy atom. The van der Waals surface area contributed by atoms with Gasteiger partial charge in [-0.25, -0.2) is 0 Å². The molecule has 0 saturated carbocycles. The van der Waals surface area contributed by atoms with Crippen molar-refractivity contribution in [2.24, 2.45) is 0 Å². The average molecular weight is 513 g/mol. The largest absolute Gasteiger partial charge is 0.407 e. The van der Waals surface area contributed by atoms with Gasteiger partial charge in [-0.3, -0.25) is 9.36 Å². The van der Waals surface area contributed by atoms with Gasteiger partial charge in [-0.05, 0) is 46.1 Å². The number of anilines is 1. The summed E-state index contributed by atoms with van der Waals surface area (Å²) < 4.78 is 14.0. The Hall–Kier alpha value is -3.45. The summed E-state index contributed by atoms with van der Waals surface area (Å²) in [5.41, 5.74) is 8.91. The molecule has 37 heavy (non-hydrogen) atoms. The van der Waals surface area contributed by atoms with E-state index in [-0.39, 0.29) is 10.6 Å². The fraction of sp³-hybridized carbons (Fsp3) is 0.258. The first-order chi connectivity index (χ1) is 17.8. The van der Waals surface area contributed by atoms with Crippen LogP contribution in [0.2, 0.25) is 5.04 Å². The summed E-state index contributed by atoms with van der Waals surface area (Å²) in [5, 5.41) is 2.33. The lowest BCUT2D eigenvalue weighted by Gasteiger charge is -2.43. The Morgan fingerprint density at radius 2 is 1.46 bits per heavy atom. The number of pyridine rings is 1. The first kappa shape index (κ1) is 26.6. The van der Waals surface area contributed by atoms with E-state index in [1.165, 1.54) is 10.4 Å². The molecule has 0 fully saturated rings. The molecule has 0 unspecified atom stereocenters. The van der Waals surface area contributed by atoms with E-state index in [1.807, 2.05) is 36.4 Å². The van der Waals surface area contributed by atoms with Crippen LogP contribution in [0.5, 0.6) is 0 Å². The molecular formula is C31H36N2O3Si. The van der Waals surface area contributed by atoms with Crippen molar-refractivity contribution in [1.29, 1.82) is 0 Å². The lowest BCUT2D eigenvalue weighted by Crippen LogP contribution is -2.66. The summed E-state index contributed by atoms with van der Waals surface area (Å²) in [4.78, 5) is 13.5. The molecule has 4 aromatic rings. The van der Waals surface area contributed by atoms with Crippen LogP contribution in [0.1, 0.15) is 31.9 Å². The van der Waals surface area contributed by atoms with Crippen LogP contribution in [-0.4, -0.2) is 26.6 Å². The average Bonchev–Trinajstić information content (AvgIpc) is 2.88. The number of rotatable bonds is 9. The third kappa shape index (κ3) is 5.46. The summed E-state index contributed by atoms with van der Waals surface area (Å²) in [6.45, 7) is 7.58. The minimum atomic E-state index is -2.66. The molecule has 192 valence electrons. The van der Waals surface area contributed by atoms with E-state index in [0.29, 0.717) is 30.9 Å². The highest BCUT2D eigenvalue weighted by atomic mass is 28.4. The Kier molecular flexibility index (Phi) is 8.12. The number of hydrogen-bond acceptors (Lipinski definition) is 4. The fourth-order valence-electron chi connectivity index (χ4n) is 5.11. The molecule has 4 rings (SSSR count). The molecule has 0 aliphatic carbocycles. The van der Waals surface area contributed by atoms with Crippen LogP contribution in [0.3, 0.4) is 0 Å². The first-order valence-corrected chi connectivity index (χ1v) is 14.5. The fourth-order valence-corrected chi connectivity index (χ4v) is 9.67. The summed E-state index contributed by atoms with van der Waals surface area (Å²) in [7, 11) is -1.03. The van der Waals surface area contributed by atoms with Crippen molar-refractivity contribution in [3.63, 3.8) is 0 Å². The van der Waals surface area contributed by atoms with E-state index in [0.717, 1.165) is 11.3 Å². The standard InChI is InChI=1S/C31H36N2O3Si/c1-31(2,3)37(27-13-7-5-8-14-27,28-15-9-6-10-16-28)36-21-19-24-12-11-20-33(30(24)34)29-18-17-26(32)22-25(29)23-35-4/h5-18,20,22H,19,21,23,32H2,1-4H3. The van der Waals surface area contributed by atoms with E-state index in [1.54, 1.807) is 23.9 Å². The third-order valence-electron chi connectivity index (χ3n) is 6.80. The number of ether oxygens (including phenoxy) is 1. The van der Waals surface area contributed by atoms with Crippen molar-refractivity contribution in [3.8, 4) is 5.69 Å². The Labute approximate surface area is 220 Å². The van der Waals surface area contributed by atoms with Gasteiger partial charge in [0, 0.05) is 36.7 Å². The maximum atomic E-state index is 13.5. The van der Waals surface area contributed by atoms with Crippen molar-refractivity contribution in [2.45, 2.75) is 38.8 Å². The predicted molar refractivity (Wildman–Crippen MR) is 154 cm³/mol. The van der Waals surface area contributed by atoms with Gasteiger partial charge in [-0.15, -0.1) is 0 Å². The van der Waals surface area contributed by atoms with Crippen LogP contribution in [0.25, 0.3) is 5.69 Å². The number of nitrogens with zero attached hydrogens (tertiary/aromatic N) is 1. The Balaban J connectivity index is 1.68.